The summed E-state index contributed by atoms with van der Waals surface area (Å²) >= 11 is 0. The van der Waals surface area contributed by atoms with Gasteiger partial charge in [0.15, 0.2) is 0 Å². The Morgan fingerprint density at radius 2 is 2.00 bits per heavy atom. The lowest BCUT2D eigenvalue weighted by Gasteiger charge is -2.30. The summed E-state index contributed by atoms with van der Waals surface area (Å²) in [6.45, 7) is 12.1. The number of hydrogen-bond donors (Lipinski definition) is 2. The van der Waals surface area contributed by atoms with Gasteiger partial charge in [-0.3, -0.25) is 4.79 Å². The molecule has 1 aliphatic heterocycles. The van der Waals surface area contributed by atoms with Crippen LogP contribution in [0.1, 0.15) is 53.4 Å². The standard InChI is InChI=1S/C15H30N2O2/c1-5-15(6-2)9-11-17(12-15)10-8-14(4,13(18)19)16-7-3/h16H,5-12H2,1-4H3,(H,18,19). The van der Waals surface area contributed by atoms with Crippen molar-refractivity contribution in [1.29, 1.82) is 0 Å². The Morgan fingerprint density at radius 1 is 1.37 bits per heavy atom. The van der Waals surface area contributed by atoms with E-state index >= 15 is 0 Å². The molecule has 19 heavy (non-hydrogen) atoms. The molecule has 0 spiro atoms. The van der Waals surface area contributed by atoms with Gasteiger partial charge >= 0.3 is 5.97 Å². The summed E-state index contributed by atoms with van der Waals surface area (Å²) in [6, 6.07) is 0. The minimum absolute atomic E-state index is 0.470. The van der Waals surface area contributed by atoms with Crippen molar-refractivity contribution in [2.45, 2.75) is 58.9 Å². The first-order chi connectivity index (χ1) is 8.91. The van der Waals surface area contributed by atoms with Crippen molar-refractivity contribution < 1.29 is 9.90 Å². The van der Waals surface area contributed by atoms with Gasteiger partial charge in [0.1, 0.15) is 5.54 Å². The summed E-state index contributed by atoms with van der Waals surface area (Å²) in [5.74, 6) is -0.745. The van der Waals surface area contributed by atoms with Crippen LogP contribution in [-0.2, 0) is 4.79 Å². The Hall–Kier alpha value is -0.610. The zero-order valence-corrected chi connectivity index (χ0v) is 13.0. The molecular weight excluding hydrogens is 240 g/mol. The van der Waals surface area contributed by atoms with Crippen molar-refractivity contribution >= 4 is 5.97 Å². The summed E-state index contributed by atoms with van der Waals surface area (Å²) in [5, 5.41) is 12.5. The maximum atomic E-state index is 11.4. The van der Waals surface area contributed by atoms with Crippen LogP contribution in [0.15, 0.2) is 0 Å². The van der Waals surface area contributed by atoms with E-state index in [0.717, 1.165) is 19.6 Å². The summed E-state index contributed by atoms with van der Waals surface area (Å²) in [6.07, 6.45) is 4.37. The normalized spacial score (nSPS) is 22.3. The molecule has 2 N–H and O–H groups in total. The van der Waals surface area contributed by atoms with Gasteiger partial charge in [-0.1, -0.05) is 20.8 Å². The molecule has 112 valence electrons. The molecular formula is C15H30N2O2. The number of likely N-dealkylation sites (tertiary alicyclic amines) is 1. The molecule has 0 aromatic heterocycles. The van der Waals surface area contributed by atoms with Gasteiger partial charge < -0.3 is 15.3 Å². The maximum absolute atomic E-state index is 11.4. The number of nitrogens with zero attached hydrogens (tertiary/aromatic N) is 1. The van der Waals surface area contributed by atoms with Gasteiger partial charge in [-0.05, 0) is 51.1 Å². The molecule has 1 fully saturated rings. The highest BCUT2D eigenvalue weighted by molar-refractivity contribution is 5.78. The molecule has 1 unspecified atom stereocenters. The maximum Gasteiger partial charge on any atom is 0.323 e. The molecule has 1 saturated heterocycles. The third kappa shape index (κ3) is 3.93. The molecule has 1 aliphatic rings. The summed E-state index contributed by atoms with van der Waals surface area (Å²) in [7, 11) is 0. The molecule has 0 bridgehead atoms. The Labute approximate surface area is 117 Å². The number of carboxylic acid groups (broad SMARTS) is 1. The van der Waals surface area contributed by atoms with Gasteiger partial charge in [-0.2, -0.15) is 0 Å². The molecule has 0 aliphatic carbocycles. The van der Waals surface area contributed by atoms with E-state index in [-0.39, 0.29) is 0 Å². The van der Waals surface area contributed by atoms with E-state index in [2.05, 4.69) is 24.1 Å². The second kappa shape index (κ2) is 6.71. The zero-order chi connectivity index (χ0) is 14.5. The molecule has 0 aromatic carbocycles. The molecule has 4 nitrogen and oxygen atoms in total. The highest BCUT2D eigenvalue weighted by Gasteiger charge is 2.37. The SMILES string of the molecule is CCNC(C)(CCN1CCC(CC)(CC)C1)C(=O)O. The highest BCUT2D eigenvalue weighted by Crippen LogP contribution is 2.37. The lowest BCUT2D eigenvalue weighted by Crippen LogP contribution is -2.51. The van der Waals surface area contributed by atoms with Crippen molar-refractivity contribution in [2.24, 2.45) is 5.41 Å². The van der Waals surface area contributed by atoms with Crippen LogP contribution in [0.25, 0.3) is 0 Å². The van der Waals surface area contributed by atoms with Crippen LogP contribution < -0.4 is 5.32 Å². The molecule has 0 radical (unpaired) electrons. The summed E-state index contributed by atoms with van der Waals surface area (Å²) in [4.78, 5) is 13.8. The fourth-order valence-electron chi connectivity index (χ4n) is 3.09. The van der Waals surface area contributed by atoms with Crippen molar-refractivity contribution in [2.75, 3.05) is 26.2 Å². The fourth-order valence-corrected chi connectivity index (χ4v) is 3.09. The van der Waals surface area contributed by atoms with Crippen molar-refractivity contribution in [3.63, 3.8) is 0 Å². The number of nitrogens with one attached hydrogen (secondary N) is 1. The van der Waals surface area contributed by atoms with E-state index in [4.69, 9.17) is 0 Å². The first-order valence-electron chi connectivity index (χ1n) is 7.62. The van der Waals surface area contributed by atoms with Crippen LogP contribution in [0.5, 0.6) is 0 Å². The molecule has 0 amide bonds. The predicted molar refractivity (Wildman–Crippen MR) is 78.4 cm³/mol. The van der Waals surface area contributed by atoms with E-state index in [1.807, 2.05) is 6.92 Å². The Bertz CT molecular complexity index is 303. The summed E-state index contributed by atoms with van der Waals surface area (Å²) < 4.78 is 0. The van der Waals surface area contributed by atoms with Gasteiger partial charge in [0, 0.05) is 13.1 Å². The van der Waals surface area contributed by atoms with E-state index in [0.29, 0.717) is 18.4 Å². The van der Waals surface area contributed by atoms with E-state index in [1.54, 1.807) is 6.92 Å². The molecule has 0 saturated carbocycles. The average molecular weight is 270 g/mol. The largest absolute Gasteiger partial charge is 0.480 e. The van der Waals surface area contributed by atoms with Gasteiger partial charge in [0.2, 0.25) is 0 Å². The number of rotatable bonds is 8. The van der Waals surface area contributed by atoms with Crippen LogP contribution in [0, 0.1) is 5.41 Å². The molecule has 1 rings (SSSR count). The lowest BCUT2D eigenvalue weighted by molar-refractivity contribution is -0.144. The van der Waals surface area contributed by atoms with E-state index in [9.17, 15) is 9.90 Å². The van der Waals surface area contributed by atoms with Crippen LogP contribution >= 0.6 is 0 Å². The highest BCUT2D eigenvalue weighted by atomic mass is 16.4. The second-order valence-electron chi connectivity index (χ2n) is 6.15. The van der Waals surface area contributed by atoms with E-state index in [1.165, 1.54) is 19.3 Å². The van der Waals surface area contributed by atoms with Crippen LogP contribution in [-0.4, -0.2) is 47.7 Å². The predicted octanol–water partition coefficient (Wildman–Crippen LogP) is 2.34. The second-order valence-corrected chi connectivity index (χ2v) is 6.15. The Morgan fingerprint density at radius 3 is 2.42 bits per heavy atom. The lowest BCUT2D eigenvalue weighted by atomic mass is 9.82. The average Bonchev–Trinajstić information content (AvgIpc) is 2.81. The quantitative estimate of drug-likeness (QED) is 0.711. The summed E-state index contributed by atoms with van der Waals surface area (Å²) in [5.41, 5.74) is -0.323. The Balaban J connectivity index is 2.51. The van der Waals surface area contributed by atoms with E-state index < -0.39 is 11.5 Å². The monoisotopic (exact) mass is 270 g/mol. The van der Waals surface area contributed by atoms with Crippen LogP contribution in [0.4, 0.5) is 0 Å². The first kappa shape index (κ1) is 16.4. The van der Waals surface area contributed by atoms with Crippen LogP contribution in [0.2, 0.25) is 0 Å². The minimum Gasteiger partial charge on any atom is -0.480 e. The molecule has 1 atom stereocenters. The number of carboxylic acids is 1. The minimum atomic E-state index is -0.793. The molecule has 1 heterocycles. The van der Waals surface area contributed by atoms with Crippen molar-refractivity contribution in [1.82, 2.24) is 10.2 Å². The number of hydrogen-bond acceptors (Lipinski definition) is 3. The third-order valence-electron chi connectivity index (χ3n) is 4.98. The molecule has 0 aromatic rings. The number of carbonyl (C=O) groups is 1. The van der Waals surface area contributed by atoms with Crippen molar-refractivity contribution in [3.05, 3.63) is 0 Å². The van der Waals surface area contributed by atoms with Gasteiger partial charge in [0.25, 0.3) is 0 Å². The third-order valence-corrected chi connectivity index (χ3v) is 4.98. The van der Waals surface area contributed by atoms with Crippen molar-refractivity contribution in [3.8, 4) is 0 Å². The Kier molecular flexibility index (Phi) is 5.81. The fraction of sp³-hybridized carbons (Fsp3) is 0.933. The van der Waals surface area contributed by atoms with Gasteiger partial charge in [-0.25, -0.2) is 0 Å². The smallest absolute Gasteiger partial charge is 0.323 e. The van der Waals surface area contributed by atoms with Crippen LogP contribution in [0.3, 0.4) is 0 Å². The van der Waals surface area contributed by atoms with Gasteiger partial charge in [0.05, 0.1) is 0 Å². The number of aliphatic carboxylic acids is 1. The first-order valence-corrected chi connectivity index (χ1v) is 7.62. The van der Waals surface area contributed by atoms with Gasteiger partial charge in [-0.15, -0.1) is 0 Å². The molecule has 4 heteroatoms. The number of likely N-dealkylation sites (N-methyl/N-ethyl adjacent to an activating group) is 1. The topological polar surface area (TPSA) is 52.6 Å². The zero-order valence-electron chi connectivity index (χ0n) is 13.0.